The first-order valence-electron chi connectivity index (χ1n) is 5.82. The third-order valence-corrected chi connectivity index (χ3v) is 2.89. The van der Waals surface area contributed by atoms with Crippen LogP contribution < -0.4 is 10.2 Å². The molecule has 0 spiro atoms. The zero-order valence-corrected chi connectivity index (χ0v) is 10.3. The highest BCUT2D eigenvalue weighted by molar-refractivity contribution is 6.00. The number of Topliss-reactive ketones (excluding diaryl/α,β-unsaturated/α-hetero) is 1. The Labute approximate surface area is 102 Å². The summed E-state index contributed by atoms with van der Waals surface area (Å²) in [5, 5.41) is 3.16. The summed E-state index contributed by atoms with van der Waals surface area (Å²) in [4.78, 5) is 14.1. The Morgan fingerprint density at radius 1 is 1.35 bits per heavy atom. The Bertz CT molecular complexity index is 381. The Morgan fingerprint density at radius 2 is 2.06 bits per heavy atom. The minimum absolute atomic E-state index is 0.0579. The summed E-state index contributed by atoms with van der Waals surface area (Å²) in [6.07, 6.45) is -0.339. The van der Waals surface area contributed by atoms with Crippen LogP contribution in [0.1, 0.15) is 10.4 Å². The van der Waals surface area contributed by atoms with Gasteiger partial charge in [0.05, 0.1) is 6.61 Å². The van der Waals surface area contributed by atoms with Crippen LogP contribution in [0.25, 0.3) is 0 Å². The van der Waals surface area contributed by atoms with Gasteiger partial charge in [0.15, 0.2) is 5.78 Å². The molecule has 92 valence electrons. The molecule has 1 aromatic rings. The number of anilines is 1. The van der Waals surface area contributed by atoms with Gasteiger partial charge in [0.25, 0.3) is 0 Å². The average Bonchev–Trinajstić information content (AvgIpc) is 2.39. The van der Waals surface area contributed by atoms with Crippen molar-refractivity contribution >= 4 is 11.5 Å². The summed E-state index contributed by atoms with van der Waals surface area (Å²) in [7, 11) is 3.95. The summed E-state index contributed by atoms with van der Waals surface area (Å²) in [6.45, 7) is 2.03. The van der Waals surface area contributed by atoms with Crippen molar-refractivity contribution in [2.24, 2.45) is 0 Å². The SMILES string of the molecule is CN(C)c1ccc(C(=O)C2CNCCO2)cc1. The van der Waals surface area contributed by atoms with E-state index in [2.05, 4.69) is 5.32 Å². The van der Waals surface area contributed by atoms with Crippen molar-refractivity contribution in [1.82, 2.24) is 5.32 Å². The number of benzene rings is 1. The lowest BCUT2D eigenvalue weighted by Crippen LogP contribution is -2.43. The molecular formula is C13H18N2O2. The Hall–Kier alpha value is -1.39. The predicted octanol–water partition coefficient (Wildman–Crippen LogP) is 0.924. The van der Waals surface area contributed by atoms with Crippen LogP contribution >= 0.6 is 0 Å². The molecule has 0 amide bonds. The molecule has 1 aromatic carbocycles. The lowest BCUT2D eigenvalue weighted by molar-refractivity contribution is 0.0269. The fourth-order valence-corrected chi connectivity index (χ4v) is 1.84. The van der Waals surface area contributed by atoms with E-state index >= 15 is 0 Å². The van der Waals surface area contributed by atoms with E-state index in [0.29, 0.717) is 18.7 Å². The molecule has 1 N–H and O–H groups in total. The van der Waals surface area contributed by atoms with Gasteiger partial charge in [-0.1, -0.05) is 0 Å². The van der Waals surface area contributed by atoms with Gasteiger partial charge in [-0.25, -0.2) is 0 Å². The molecule has 1 unspecified atom stereocenters. The maximum atomic E-state index is 12.1. The smallest absolute Gasteiger partial charge is 0.192 e. The molecule has 0 saturated carbocycles. The average molecular weight is 234 g/mol. The van der Waals surface area contributed by atoms with Crippen molar-refractivity contribution in [3.63, 3.8) is 0 Å². The molecule has 1 atom stereocenters. The van der Waals surface area contributed by atoms with Crippen LogP contribution in [-0.4, -0.2) is 45.7 Å². The summed E-state index contributed by atoms with van der Waals surface area (Å²) < 4.78 is 5.45. The number of carbonyl (C=O) groups excluding carboxylic acids is 1. The molecule has 0 bridgehead atoms. The number of hydrogen-bond donors (Lipinski definition) is 1. The standard InChI is InChI=1S/C13H18N2O2/c1-15(2)11-5-3-10(4-6-11)13(16)12-9-14-7-8-17-12/h3-6,12,14H,7-9H2,1-2H3. The minimum Gasteiger partial charge on any atom is -0.378 e. The molecule has 0 radical (unpaired) electrons. The van der Waals surface area contributed by atoms with Gasteiger partial charge in [0.2, 0.25) is 0 Å². The molecule has 0 aromatic heterocycles. The Balaban J connectivity index is 2.08. The molecule has 4 heteroatoms. The number of nitrogens with zero attached hydrogens (tertiary/aromatic N) is 1. The van der Waals surface area contributed by atoms with Gasteiger partial charge in [-0.15, -0.1) is 0 Å². The highest BCUT2D eigenvalue weighted by Gasteiger charge is 2.22. The second-order valence-corrected chi connectivity index (χ2v) is 4.37. The lowest BCUT2D eigenvalue weighted by atomic mass is 10.0. The van der Waals surface area contributed by atoms with Gasteiger partial charge in [0, 0.05) is 38.4 Å². The van der Waals surface area contributed by atoms with Crippen molar-refractivity contribution in [3.05, 3.63) is 29.8 Å². The molecule has 17 heavy (non-hydrogen) atoms. The monoisotopic (exact) mass is 234 g/mol. The zero-order valence-electron chi connectivity index (χ0n) is 10.3. The van der Waals surface area contributed by atoms with E-state index in [1.165, 1.54) is 0 Å². The van der Waals surface area contributed by atoms with Crippen molar-refractivity contribution < 1.29 is 9.53 Å². The Kier molecular flexibility index (Phi) is 3.76. The molecular weight excluding hydrogens is 216 g/mol. The fourth-order valence-electron chi connectivity index (χ4n) is 1.84. The van der Waals surface area contributed by atoms with Crippen LogP contribution in [0.15, 0.2) is 24.3 Å². The third kappa shape index (κ3) is 2.84. The first-order valence-corrected chi connectivity index (χ1v) is 5.82. The quantitative estimate of drug-likeness (QED) is 0.790. The van der Waals surface area contributed by atoms with Crippen LogP contribution in [0.5, 0.6) is 0 Å². The predicted molar refractivity (Wildman–Crippen MR) is 67.7 cm³/mol. The van der Waals surface area contributed by atoms with Crippen molar-refractivity contribution in [2.45, 2.75) is 6.10 Å². The number of ketones is 1. The minimum atomic E-state index is -0.339. The normalized spacial score (nSPS) is 20.0. The molecule has 0 aliphatic carbocycles. The van der Waals surface area contributed by atoms with Crippen LogP contribution in [0.3, 0.4) is 0 Å². The van der Waals surface area contributed by atoms with E-state index in [4.69, 9.17) is 4.74 Å². The summed E-state index contributed by atoms with van der Waals surface area (Å²) >= 11 is 0. The molecule has 4 nitrogen and oxygen atoms in total. The van der Waals surface area contributed by atoms with E-state index < -0.39 is 0 Å². The van der Waals surface area contributed by atoms with Gasteiger partial charge in [0.1, 0.15) is 6.10 Å². The first-order chi connectivity index (χ1) is 8.18. The topological polar surface area (TPSA) is 41.6 Å². The second-order valence-electron chi connectivity index (χ2n) is 4.37. The number of rotatable bonds is 3. The molecule has 1 aliphatic heterocycles. The molecule has 1 fully saturated rings. The second kappa shape index (κ2) is 5.29. The van der Waals surface area contributed by atoms with Crippen molar-refractivity contribution in [2.75, 3.05) is 38.7 Å². The molecule has 2 rings (SSSR count). The number of ether oxygens (including phenoxy) is 1. The van der Waals surface area contributed by atoms with Gasteiger partial charge in [-0.3, -0.25) is 4.79 Å². The lowest BCUT2D eigenvalue weighted by Gasteiger charge is -2.22. The Morgan fingerprint density at radius 3 is 2.59 bits per heavy atom. The first kappa shape index (κ1) is 12.1. The van der Waals surface area contributed by atoms with Gasteiger partial charge < -0.3 is 15.0 Å². The van der Waals surface area contributed by atoms with E-state index in [0.717, 1.165) is 12.2 Å². The highest BCUT2D eigenvalue weighted by Crippen LogP contribution is 2.14. The van der Waals surface area contributed by atoms with Crippen LogP contribution in [-0.2, 0) is 4.74 Å². The van der Waals surface area contributed by atoms with E-state index in [-0.39, 0.29) is 11.9 Å². The van der Waals surface area contributed by atoms with Gasteiger partial charge in [-0.05, 0) is 24.3 Å². The summed E-state index contributed by atoms with van der Waals surface area (Å²) in [6, 6.07) is 7.61. The maximum Gasteiger partial charge on any atom is 0.192 e. The fraction of sp³-hybridized carbons (Fsp3) is 0.462. The van der Waals surface area contributed by atoms with Gasteiger partial charge in [-0.2, -0.15) is 0 Å². The van der Waals surface area contributed by atoms with Crippen LogP contribution in [0.4, 0.5) is 5.69 Å². The maximum absolute atomic E-state index is 12.1. The van der Waals surface area contributed by atoms with Crippen LogP contribution in [0, 0.1) is 0 Å². The van der Waals surface area contributed by atoms with Crippen molar-refractivity contribution in [3.8, 4) is 0 Å². The molecule has 1 aliphatic rings. The number of morpholine rings is 1. The van der Waals surface area contributed by atoms with Crippen LogP contribution in [0.2, 0.25) is 0 Å². The molecule has 1 saturated heterocycles. The van der Waals surface area contributed by atoms with Crippen molar-refractivity contribution in [1.29, 1.82) is 0 Å². The number of hydrogen-bond acceptors (Lipinski definition) is 4. The zero-order chi connectivity index (χ0) is 12.3. The number of carbonyl (C=O) groups is 1. The summed E-state index contributed by atoms with van der Waals surface area (Å²) in [5.74, 6) is 0.0579. The third-order valence-electron chi connectivity index (χ3n) is 2.89. The number of nitrogens with one attached hydrogen (secondary N) is 1. The molecule has 1 heterocycles. The van der Waals surface area contributed by atoms with E-state index in [1.807, 2.05) is 43.3 Å². The van der Waals surface area contributed by atoms with E-state index in [9.17, 15) is 4.79 Å². The van der Waals surface area contributed by atoms with E-state index in [1.54, 1.807) is 0 Å². The largest absolute Gasteiger partial charge is 0.378 e. The van der Waals surface area contributed by atoms with Gasteiger partial charge >= 0.3 is 0 Å². The summed E-state index contributed by atoms with van der Waals surface area (Å²) in [5.41, 5.74) is 1.80. The highest BCUT2D eigenvalue weighted by atomic mass is 16.5.